The van der Waals surface area contributed by atoms with Crippen molar-refractivity contribution in [2.75, 3.05) is 11.5 Å². The number of thioether (sulfide) groups is 2. The highest BCUT2D eigenvalue weighted by Crippen LogP contribution is 2.44. The second kappa shape index (κ2) is 9.25. The monoisotopic (exact) mass is 342 g/mol. The number of Topliss-reactive ketones (excluding diaryl/α,β-unsaturated/α-hetero) is 1. The minimum Gasteiger partial charge on any atom is -0.392 e. The van der Waals surface area contributed by atoms with E-state index in [0.717, 1.165) is 30.8 Å². The van der Waals surface area contributed by atoms with Gasteiger partial charge in [-0.1, -0.05) is 27.7 Å². The molecule has 4 heteroatoms. The first kappa shape index (κ1) is 19.9. The van der Waals surface area contributed by atoms with E-state index in [2.05, 4.69) is 5.92 Å². The molecule has 0 aromatic carbocycles. The Bertz CT molecular complexity index is 394. The molecule has 1 rings (SSSR count). The van der Waals surface area contributed by atoms with Crippen molar-refractivity contribution in [3.05, 3.63) is 0 Å². The van der Waals surface area contributed by atoms with Crippen LogP contribution in [0.2, 0.25) is 0 Å². The molecule has 126 valence electrons. The van der Waals surface area contributed by atoms with E-state index in [1.54, 1.807) is 0 Å². The summed E-state index contributed by atoms with van der Waals surface area (Å²) in [5, 5.41) is 10.5. The highest BCUT2D eigenvalue weighted by atomic mass is 32.2. The second-order valence-electron chi connectivity index (χ2n) is 6.87. The SMILES string of the molecule is C#CCCC[C@H](C)[C@H](O)[C@@H](C)C(=O)C(C)(C)C1SCCCS1. The quantitative estimate of drug-likeness (QED) is 0.529. The highest BCUT2D eigenvalue weighted by Gasteiger charge is 2.42. The zero-order valence-electron chi connectivity index (χ0n) is 14.3. The molecule has 1 fully saturated rings. The van der Waals surface area contributed by atoms with Gasteiger partial charge in [-0.2, -0.15) is 0 Å². The molecule has 0 saturated carbocycles. The van der Waals surface area contributed by atoms with Crippen molar-refractivity contribution in [3.8, 4) is 12.3 Å². The first-order valence-corrected chi connectivity index (χ1v) is 10.3. The molecule has 0 aromatic heterocycles. The van der Waals surface area contributed by atoms with Gasteiger partial charge >= 0.3 is 0 Å². The van der Waals surface area contributed by atoms with Crippen LogP contribution < -0.4 is 0 Å². The van der Waals surface area contributed by atoms with Crippen molar-refractivity contribution in [2.45, 2.75) is 64.1 Å². The van der Waals surface area contributed by atoms with Crippen LogP contribution in [0.3, 0.4) is 0 Å². The van der Waals surface area contributed by atoms with Crippen molar-refractivity contribution in [2.24, 2.45) is 17.3 Å². The third-order valence-corrected chi connectivity index (χ3v) is 8.19. The molecular formula is C18H30O2S2. The molecule has 3 atom stereocenters. The number of hydrogen-bond donors (Lipinski definition) is 1. The van der Waals surface area contributed by atoms with Crippen LogP contribution in [0.25, 0.3) is 0 Å². The summed E-state index contributed by atoms with van der Waals surface area (Å²) in [4.78, 5) is 12.9. The van der Waals surface area contributed by atoms with E-state index in [1.807, 2.05) is 51.2 Å². The molecule has 2 nitrogen and oxygen atoms in total. The van der Waals surface area contributed by atoms with Crippen LogP contribution in [0.1, 0.15) is 53.4 Å². The van der Waals surface area contributed by atoms with Crippen LogP contribution in [0.5, 0.6) is 0 Å². The summed E-state index contributed by atoms with van der Waals surface area (Å²) in [5.74, 6) is 4.87. The number of carbonyl (C=O) groups is 1. The average molecular weight is 343 g/mol. The first-order valence-electron chi connectivity index (χ1n) is 8.21. The molecule has 1 N–H and O–H groups in total. The molecule has 0 amide bonds. The number of ketones is 1. The van der Waals surface area contributed by atoms with E-state index in [4.69, 9.17) is 6.42 Å². The summed E-state index contributed by atoms with van der Waals surface area (Å²) in [6, 6.07) is 0. The van der Waals surface area contributed by atoms with E-state index >= 15 is 0 Å². The van der Waals surface area contributed by atoms with E-state index in [-0.39, 0.29) is 17.6 Å². The molecule has 1 aliphatic rings. The standard InChI is InChI=1S/C18H30O2S2/c1-6-7-8-10-13(2)15(19)14(3)16(20)18(4,5)17-21-11-9-12-22-17/h1,13-15,17,19H,7-12H2,2-5H3/t13-,14+,15-/m0/s1. The smallest absolute Gasteiger partial charge is 0.145 e. The summed E-state index contributed by atoms with van der Waals surface area (Å²) in [6.45, 7) is 7.97. The summed E-state index contributed by atoms with van der Waals surface area (Å²) < 4.78 is 0.306. The van der Waals surface area contributed by atoms with Gasteiger partial charge in [0.15, 0.2) is 0 Å². The highest BCUT2D eigenvalue weighted by molar-refractivity contribution is 8.17. The second-order valence-corrected chi connectivity index (χ2v) is 9.59. The van der Waals surface area contributed by atoms with Gasteiger partial charge in [-0.15, -0.1) is 35.9 Å². The molecule has 0 bridgehead atoms. The van der Waals surface area contributed by atoms with Gasteiger partial charge in [0, 0.05) is 17.8 Å². The predicted octanol–water partition coefficient (Wildman–Crippen LogP) is 4.21. The summed E-state index contributed by atoms with van der Waals surface area (Å²) in [6.07, 6.45) is 8.43. The molecule has 0 aliphatic carbocycles. The Morgan fingerprint density at radius 1 is 1.36 bits per heavy atom. The number of rotatable bonds is 8. The molecule has 1 aliphatic heterocycles. The van der Waals surface area contributed by atoms with Crippen LogP contribution in [0, 0.1) is 29.6 Å². The normalized spacial score (nSPS) is 20.9. The Labute approximate surface area is 144 Å². The fraction of sp³-hybridized carbons (Fsp3) is 0.833. The number of aliphatic hydroxyl groups excluding tert-OH is 1. The lowest BCUT2D eigenvalue weighted by atomic mass is 9.77. The number of carbonyl (C=O) groups excluding carboxylic acids is 1. The number of terminal acetylenes is 1. The molecular weight excluding hydrogens is 312 g/mol. The van der Waals surface area contributed by atoms with Gasteiger partial charge in [0.05, 0.1) is 10.7 Å². The summed E-state index contributed by atoms with van der Waals surface area (Å²) >= 11 is 3.78. The van der Waals surface area contributed by atoms with Crippen molar-refractivity contribution >= 4 is 29.3 Å². The summed E-state index contributed by atoms with van der Waals surface area (Å²) in [7, 11) is 0. The van der Waals surface area contributed by atoms with Crippen molar-refractivity contribution in [1.82, 2.24) is 0 Å². The maximum absolute atomic E-state index is 12.9. The minimum atomic E-state index is -0.580. The van der Waals surface area contributed by atoms with Crippen molar-refractivity contribution in [1.29, 1.82) is 0 Å². The molecule has 0 spiro atoms. The zero-order valence-corrected chi connectivity index (χ0v) is 15.9. The third-order valence-electron chi connectivity index (χ3n) is 4.54. The van der Waals surface area contributed by atoms with Gasteiger partial charge in [0.25, 0.3) is 0 Å². The van der Waals surface area contributed by atoms with Crippen LogP contribution >= 0.6 is 23.5 Å². The fourth-order valence-corrected chi connectivity index (χ4v) is 6.21. The van der Waals surface area contributed by atoms with Gasteiger partial charge in [-0.3, -0.25) is 4.79 Å². The molecule has 1 saturated heterocycles. The topological polar surface area (TPSA) is 37.3 Å². The fourth-order valence-electron chi connectivity index (χ4n) is 2.95. The average Bonchev–Trinajstić information content (AvgIpc) is 2.53. The summed E-state index contributed by atoms with van der Waals surface area (Å²) in [5.41, 5.74) is -0.394. The van der Waals surface area contributed by atoms with Gasteiger partial charge < -0.3 is 5.11 Å². The van der Waals surface area contributed by atoms with Crippen molar-refractivity contribution < 1.29 is 9.90 Å². The van der Waals surface area contributed by atoms with Gasteiger partial charge in [0.2, 0.25) is 0 Å². The zero-order chi connectivity index (χ0) is 16.8. The molecule has 0 aromatic rings. The molecule has 0 unspecified atom stereocenters. The van der Waals surface area contributed by atoms with E-state index in [1.165, 1.54) is 6.42 Å². The Morgan fingerprint density at radius 3 is 2.50 bits per heavy atom. The number of hydrogen-bond acceptors (Lipinski definition) is 4. The van der Waals surface area contributed by atoms with Crippen LogP contribution in [0.4, 0.5) is 0 Å². The van der Waals surface area contributed by atoms with Gasteiger partial charge in [0.1, 0.15) is 5.78 Å². The molecule has 0 radical (unpaired) electrons. The maximum atomic E-state index is 12.9. The predicted molar refractivity (Wildman–Crippen MR) is 99.1 cm³/mol. The number of aliphatic hydroxyl groups is 1. The lowest BCUT2D eigenvalue weighted by Crippen LogP contribution is -2.43. The van der Waals surface area contributed by atoms with Gasteiger partial charge in [-0.25, -0.2) is 0 Å². The van der Waals surface area contributed by atoms with E-state index < -0.39 is 11.5 Å². The third kappa shape index (κ3) is 5.22. The first-order chi connectivity index (χ1) is 10.3. The van der Waals surface area contributed by atoms with Crippen LogP contribution in [-0.2, 0) is 4.79 Å². The Hall–Kier alpha value is -0.110. The number of unbranched alkanes of at least 4 members (excludes halogenated alkanes) is 1. The largest absolute Gasteiger partial charge is 0.392 e. The van der Waals surface area contributed by atoms with Crippen LogP contribution in [-0.4, -0.2) is 33.1 Å². The Balaban J connectivity index is 2.63. The Kier molecular flexibility index (Phi) is 8.38. The lowest BCUT2D eigenvalue weighted by molar-refractivity contribution is -0.134. The maximum Gasteiger partial charge on any atom is 0.145 e. The molecule has 22 heavy (non-hydrogen) atoms. The Morgan fingerprint density at radius 2 is 1.95 bits per heavy atom. The lowest BCUT2D eigenvalue weighted by Gasteiger charge is -2.38. The molecule has 1 heterocycles. The van der Waals surface area contributed by atoms with Crippen LogP contribution in [0.15, 0.2) is 0 Å². The minimum absolute atomic E-state index is 0.106. The van der Waals surface area contributed by atoms with Gasteiger partial charge in [-0.05, 0) is 36.7 Å². The van der Waals surface area contributed by atoms with E-state index in [9.17, 15) is 9.90 Å². The van der Waals surface area contributed by atoms with Crippen molar-refractivity contribution in [3.63, 3.8) is 0 Å². The van der Waals surface area contributed by atoms with E-state index in [0.29, 0.717) is 4.58 Å².